The molecule has 3 N–H and O–H groups in total. The summed E-state index contributed by atoms with van der Waals surface area (Å²) >= 11 is 5.88. The van der Waals surface area contributed by atoms with E-state index in [4.69, 9.17) is 17.3 Å². The molecule has 0 unspecified atom stereocenters. The summed E-state index contributed by atoms with van der Waals surface area (Å²) in [6, 6.07) is 6.51. The number of hydrogen-bond donors (Lipinski definition) is 2. The van der Waals surface area contributed by atoms with E-state index in [-0.39, 0.29) is 5.56 Å². The summed E-state index contributed by atoms with van der Waals surface area (Å²) in [5.41, 5.74) is 6.63. The topological polar surface area (TPSA) is 58.9 Å². The molecule has 0 bridgehead atoms. The molecule has 0 aliphatic rings. The lowest BCUT2D eigenvalue weighted by molar-refractivity contribution is 1.31. The highest BCUT2D eigenvalue weighted by Crippen LogP contribution is 2.23. The van der Waals surface area contributed by atoms with E-state index in [2.05, 4.69) is 4.98 Å². The molecule has 1 heterocycles. The number of benzene rings is 1. The van der Waals surface area contributed by atoms with Gasteiger partial charge in [-0.15, -0.1) is 0 Å². The van der Waals surface area contributed by atoms with Gasteiger partial charge in [0, 0.05) is 17.1 Å². The maximum absolute atomic E-state index is 11.0. The smallest absolute Gasteiger partial charge is 0.248 e. The van der Waals surface area contributed by atoms with Crippen molar-refractivity contribution in [3.8, 4) is 0 Å². The summed E-state index contributed by atoms with van der Waals surface area (Å²) in [7, 11) is 0. The number of aromatic nitrogens is 1. The minimum Gasteiger partial charge on any atom is -0.399 e. The summed E-state index contributed by atoms with van der Waals surface area (Å²) < 4.78 is 0. The fourth-order valence-electron chi connectivity index (χ4n) is 1.24. The van der Waals surface area contributed by atoms with E-state index in [0.717, 1.165) is 5.39 Å². The van der Waals surface area contributed by atoms with Crippen molar-refractivity contribution in [3.05, 3.63) is 39.6 Å². The van der Waals surface area contributed by atoms with Gasteiger partial charge < -0.3 is 10.7 Å². The van der Waals surface area contributed by atoms with Crippen LogP contribution in [-0.2, 0) is 0 Å². The normalized spacial score (nSPS) is 10.5. The molecule has 13 heavy (non-hydrogen) atoms. The van der Waals surface area contributed by atoms with Crippen LogP contribution >= 0.6 is 11.6 Å². The Bertz CT molecular complexity index is 518. The van der Waals surface area contributed by atoms with Gasteiger partial charge in [0.2, 0.25) is 5.56 Å². The molecule has 0 fully saturated rings. The van der Waals surface area contributed by atoms with E-state index in [1.54, 1.807) is 18.2 Å². The predicted molar refractivity (Wildman–Crippen MR) is 54.0 cm³/mol. The molecule has 0 aliphatic heterocycles. The minimum atomic E-state index is -0.167. The molecular formula is C9H7ClN2O. The van der Waals surface area contributed by atoms with Gasteiger partial charge in [-0.3, -0.25) is 4.79 Å². The Balaban J connectivity index is 2.95. The van der Waals surface area contributed by atoms with E-state index in [9.17, 15) is 4.79 Å². The standard InChI is InChI=1S/C9H7ClN2O/c10-7-4-6(11)3-5-1-2-8(13)12-9(5)7/h1-4H,11H2,(H,12,13). The Morgan fingerprint density at radius 1 is 1.31 bits per heavy atom. The lowest BCUT2D eigenvalue weighted by Gasteiger charge is -2.00. The molecule has 0 aliphatic carbocycles. The number of rotatable bonds is 0. The molecule has 66 valence electrons. The first-order valence-electron chi connectivity index (χ1n) is 3.75. The quantitative estimate of drug-likeness (QED) is 0.628. The number of halogens is 1. The van der Waals surface area contributed by atoms with Gasteiger partial charge in [-0.05, 0) is 18.2 Å². The molecule has 0 atom stereocenters. The molecule has 0 amide bonds. The maximum atomic E-state index is 11.0. The Hall–Kier alpha value is -1.48. The Kier molecular flexibility index (Phi) is 1.74. The number of H-pyrrole nitrogens is 1. The van der Waals surface area contributed by atoms with Crippen molar-refractivity contribution in [3.63, 3.8) is 0 Å². The van der Waals surface area contributed by atoms with Crippen LogP contribution in [0.4, 0.5) is 5.69 Å². The van der Waals surface area contributed by atoms with Gasteiger partial charge in [0.15, 0.2) is 0 Å². The van der Waals surface area contributed by atoms with Crippen LogP contribution in [0.15, 0.2) is 29.1 Å². The van der Waals surface area contributed by atoms with Gasteiger partial charge >= 0.3 is 0 Å². The highest BCUT2D eigenvalue weighted by Gasteiger charge is 2.00. The zero-order chi connectivity index (χ0) is 9.42. The molecule has 3 nitrogen and oxygen atoms in total. The first kappa shape index (κ1) is 8.13. The van der Waals surface area contributed by atoms with Crippen LogP contribution in [0.5, 0.6) is 0 Å². The lowest BCUT2D eigenvalue weighted by atomic mass is 10.2. The van der Waals surface area contributed by atoms with Crippen LogP contribution in [0.3, 0.4) is 0 Å². The Morgan fingerprint density at radius 3 is 2.85 bits per heavy atom. The summed E-state index contributed by atoms with van der Waals surface area (Å²) in [6.07, 6.45) is 0. The zero-order valence-corrected chi connectivity index (χ0v) is 7.43. The third-order valence-electron chi connectivity index (χ3n) is 1.81. The number of nitrogens with two attached hydrogens (primary N) is 1. The van der Waals surface area contributed by atoms with Gasteiger partial charge in [-0.25, -0.2) is 0 Å². The van der Waals surface area contributed by atoms with Crippen LogP contribution in [0.2, 0.25) is 5.02 Å². The first-order valence-corrected chi connectivity index (χ1v) is 4.13. The monoisotopic (exact) mass is 194 g/mol. The number of nitrogens with one attached hydrogen (secondary N) is 1. The Morgan fingerprint density at radius 2 is 2.08 bits per heavy atom. The summed E-state index contributed by atoms with van der Waals surface area (Å²) in [6.45, 7) is 0. The zero-order valence-electron chi connectivity index (χ0n) is 6.67. The molecule has 0 spiro atoms. The summed E-state index contributed by atoms with van der Waals surface area (Å²) in [5, 5.41) is 1.30. The van der Waals surface area contributed by atoms with Crippen LogP contribution in [-0.4, -0.2) is 4.98 Å². The largest absolute Gasteiger partial charge is 0.399 e. The minimum absolute atomic E-state index is 0.167. The number of hydrogen-bond acceptors (Lipinski definition) is 2. The molecule has 2 rings (SSSR count). The summed E-state index contributed by atoms with van der Waals surface area (Å²) in [4.78, 5) is 13.6. The van der Waals surface area contributed by atoms with Crippen LogP contribution in [0.1, 0.15) is 0 Å². The maximum Gasteiger partial charge on any atom is 0.248 e. The van der Waals surface area contributed by atoms with Crippen molar-refractivity contribution < 1.29 is 0 Å². The van der Waals surface area contributed by atoms with Crippen molar-refractivity contribution >= 4 is 28.2 Å². The lowest BCUT2D eigenvalue weighted by Crippen LogP contribution is -2.02. The summed E-state index contributed by atoms with van der Waals surface area (Å²) in [5.74, 6) is 0. The number of nitrogen functional groups attached to an aromatic ring is 1. The average molecular weight is 195 g/mol. The van der Waals surface area contributed by atoms with Gasteiger partial charge in [0.05, 0.1) is 10.5 Å². The van der Waals surface area contributed by atoms with Crippen LogP contribution < -0.4 is 11.3 Å². The average Bonchev–Trinajstić information content (AvgIpc) is 2.06. The van der Waals surface area contributed by atoms with Gasteiger partial charge in [0.1, 0.15) is 0 Å². The second-order valence-corrected chi connectivity index (χ2v) is 3.20. The highest BCUT2D eigenvalue weighted by molar-refractivity contribution is 6.35. The number of pyridine rings is 1. The van der Waals surface area contributed by atoms with Crippen molar-refractivity contribution in [2.45, 2.75) is 0 Å². The number of anilines is 1. The molecule has 1 aromatic heterocycles. The van der Waals surface area contributed by atoms with Crippen molar-refractivity contribution in [2.75, 3.05) is 5.73 Å². The molecule has 1 aromatic carbocycles. The van der Waals surface area contributed by atoms with Crippen molar-refractivity contribution in [1.29, 1.82) is 0 Å². The van der Waals surface area contributed by atoms with Gasteiger partial charge in [-0.2, -0.15) is 0 Å². The fourth-order valence-corrected chi connectivity index (χ4v) is 1.53. The molecular weight excluding hydrogens is 188 g/mol. The second kappa shape index (κ2) is 2.78. The van der Waals surface area contributed by atoms with Gasteiger partial charge in [0.25, 0.3) is 0 Å². The Labute approximate surface area is 79.1 Å². The van der Waals surface area contributed by atoms with E-state index in [1.165, 1.54) is 6.07 Å². The fraction of sp³-hybridized carbons (Fsp3) is 0. The van der Waals surface area contributed by atoms with Crippen molar-refractivity contribution in [2.24, 2.45) is 0 Å². The molecule has 2 aromatic rings. The second-order valence-electron chi connectivity index (χ2n) is 2.79. The third kappa shape index (κ3) is 1.38. The predicted octanol–water partition coefficient (Wildman–Crippen LogP) is 1.76. The molecule has 0 radical (unpaired) electrons. The van der Waals surface area contributed by atoms with E-state index >= 15 is 0 Å². The van der Waals surface area contributed by atoms with Gasteiger partial charge in [-0.1, -0.05) is 11.6 Å². The highest BCUT2D eigenvalue weighted by atomic mass is 35.5. The molecule has 4 heteroatoms. The van der Waals surface area contributed by atoms with Crippen molar-refractivity contribution in [1.82, 2.24) is 4.98 Å². The number of aromatic amines is 1. The van der Waals surface area contributed by atoms with E-state index < -0.39 is 0 Å². The molecule has 0 saturated carbocycles. The van der Waals surface area contributed by atoms with Crippen LogP contribution in [0.25, 0.3) is 10.9 Å². The third-order valence-corrected chi connectivity index (χ3v) is 2.10. The van der Waals surface area contributed by atoms with E-state index in [0.29, 0.717) is 16.2 Å². The molecule has 0 saturated heterocycles. The van der Waals surface area contributed by atoms with E-state index in [1.807, 2.05) is 0 Å². The number of fused-ring (bicyclic) bond motifs is 1. The first-order chi connectivity index (χ1) is 6.16. The SMILES string of the molecule is Nc1cc(Cl)c2[nH]c(=O)ccc2c1. The van der Waals surface area contributed by atoms with Crippen LogP contribution in [0, 0.1) is 0 Å².